The molecule has 0 heterocycles. The third-order valence-electron chi connectivity index (χ3n) is 4.77. The van der Waals surface area contributed by atoms with Crippen molar-refractivity contribution in [3.8, 4) is 0 Å². The summed E-state index contributed by atoms with van der Waals surface area (Å²) in [4.78, 5) is 23.9. The van der Waals surface area contributed by atoms with Crippen LogP contribution in [0, 0.1) is 0 Å². The number of carbonyl (C=O) groups is 2. The number of carbonyl (C=O) groups excluding carboxylic acids is 2. The quantitative estimate of drug-likeness (QED) is 0.192. The van der Waals surface area contributed by atoms with E-state index < -0.39 is 20.8 Å². The second-order valence-corrected chi connectivity index (χ2v) is 10.3. The Morgan fingerprint density at radius 2 is 1.05 bits per heavy atom. The second-order valence-electron chi connectivity index (χ2n) is 7.25. The summed E-state index contributed by atoms with van der Waals surface area (Å²) in [5.74, 6) is -0.629. The van der Waals surface area contributed by atoms with E-state index in [-0.39, 0.29) is 51.5 Å². The fourth-order valence-electron chi connectivity index (χ4n) is 3.04. The van der Waals surface area contributed by atoms with E-state index in [1.54, 1.807) is 30.3 Å². The van der Waals surface area contributed by atoms with Gasteiger partial charge in [-0.25, -0.2) is 8.42 Å². The molecule has 0 aliphatic rings. The van der Waals surface area contributed by atoms with Gasteiger partial charge in [-0.3, -0.25) is 9.59 Å². The molecule has 0 atom stereocenters. The first-order valence-corrected chi connectivity index (χ1v) is 13.0. The minimum atomic E-state index is -4.62. The van der Waals surface area contributed by atoms with E-state index in [2.05, 4.69) is 0 Å². The molecule has 0 aromatic heterocycles. The summed E-state index contributed by atoms with van der Waals surface area (Å²) in [6, 6.07) is 23.1. The number of benzene rings is 4. The molecule has 0 saturated carbocycles. The zero-order valence-electron chi connectivity index (χ0n) is 19.1. The van der Waals surface area contributed by atoms with E-state index in [1.165, 1.54) is 30.3 Å². The molecule has 11 heteroatoms. The number of hydrogen-bond donors (Lipinski definition) is 0. The Hall–Kier alpha value is -1.71. The summed E-state index contributed by atoms with van der Waals surface area (Å²) in [6.45, 7) is 0. The minimum Gasteiger partial charge on any atom is -0.744 e. The van der Waals surface area contributed by atoms with Gasteiger partial charge in [-0.05, 0) is 48.5 Å². The number of ketones is 2. The molecule has 0 spiro atoms. The summed E-state index contributed by atoms with van der Waals surface area (Å²) < 4.78 is 32.9. The predicted octanol–water partition coefficient (Wildman–Crippen LogP) is 4.36. The SMILES string of the molecule is O=C(c1cccc(S(=O)(=O)[O-])c1)c1cc(Cl)ccc1Cl.O=C(c1ccccc1)c1cc(Cl)ccc1Cl.[Na+]. The van der Waals surface area contributed by atoms with Crippen molar-refractivity contribution in [3.05, 3.63) is 133 Å². The molecule has 5 nitrogen and oxygen atoms in total. The molecule has 0 fully saturated rings. The Labute approximate surface area is 256 Å². The van der Waals surface area contributed by atoms with E-state index >= 15 is 0 Å². The van der Waals surface area contributed by atoms with Crippen molar-refractivity contribution in [3.63, 3.8) is 0 Å². The molecule has 37 heavy (non-hydrogen) atoms. The molecule has 0 N–H and O–H groups in total. The fourth-order valence-corrected chi connectivity index (χ4v) is 4.30. The summed E-state index contributed by atoms with van der Waals surface area (Å²) >= 11 is 23.5. The molecular weight excluding hydrogens is 589 g/mol. The molecule has 4 aromatic rings. The van der Waals surface area contributed by atoms with E-state index in [4.69, 9.17) is 46.4 Å². The summed E-state index contributed by atoms with van der Waals surface area (Å²) in [5, 5.41) is 1.43. The molecule has 4 rings (SSSR count). The van der Waals surface area contributed by atoms with Crippen LogP contribution in [0.3, 0.4) is 0 Å². The molecule has 184 valence electrons. The zero-order chi connectivity index (χ0) is 26.5. The van der Waals surface area contributed by atoms with Crippen molar-refractivity contribution >= 4 is 68.1 Å². The monoisotopic (exact) mass is 602 g/mol. The van der Waals surface area contributed by atoms with E-state index in [0.717, 1.165) is 12.1 Å². The largest absolute Gasteiger partial charge is 1.00 e. The first-order chi connectivity index (χ1) is 17.0. The van der Waals surface area contributed by atoms with Gasteiger partial charge in [-0.1, -0.05) is 88.9 Å². The summed E-state index contributed by atoms with van der Waals surface area (Å²) in [7, 11) is -4.62. The first-order valence-electron chi connectivity index (χ1n) is 10.1. The van der Waals surface area contributed by atoms with Gasteiger partial charge in [0, 0.05) is 32.3 Å². The summed E-state index contributed by atoms with van der Waals surface area (Å²) in [6.07, 6.45) is 0. The van der Waals surface area contributed by atoms with Gasteiger partial charge in [0.1, 0.15) is 10.1 Å². The van der Waals surface area contributed by atoms with Crippen LogP contribution >= 0.6 is 46.4 Å². The van der Waals surface area contributed by atoms with Gasteiger partial charge in [0.25, 0.3) is 0 Å². The van der Waals surface area contributed by atoms with Gasteiger partial charge in [0.15, 0.2) is 11.6 Å². The molecule has 0 unspecified atom stereocenters. The van der Waals surface area contributed by atoms with Gasteiger partial charge in [-0.2, -0.15) is 0 Å². The Morgan fingerprint density at radius 3 is 1.54 bits per heavy atom. The van der Waals surface area contributed by atoms with Crippen LogP contribution < -0.4 is 29.6 Å². The van der Waals surface area contributed by atoms with Crippen molar-refractivity contribution in [1.82, 2.24) is 0 Å². The van der Waals surface area contributed by atoms with Gasteiger partial charge in [0.05, 0.1) is 14.9 Å². The van der Waals surface area contributed by atoms with Gasteiger partial charge >= 0.3 is 29.6 Å². The van der Waals surface area contributed by atoms with Crippen LogP contribution in [-0.2, 0) is 10.1 Å². The van der Waals surface area contributed by atoms with Crippen molar-refractivity contribution in [2.75, 3.05) is 0 Å². The van der Waals surface area contributed by atoms with Crippen molar-refractivity contribution in [2.24, 2.45) is 0 Å². The molecule has 0 bridgehead atoms. The maximum atomic E-state index is 12.3. The van der Waals surface area contributed by atoms with Gasteiger partial charge in [-0.15, -0.1) is 0 Å². The van der Waals surface area contributed by atoms with Crippen LogP contribution in [0.1, 0.15) is 31.8 Å². The standard InChI is InChI=1S/C13H8Cl2O4S.C13H8Cl2O.Na/c14-9-4-5-12(15)11(7-9)13(16)8-2-1-3-10(6-8)20(17,18)19;14-10-6-7-12(15)11(8-10)13(16)9-4-2-1-3-5-9;/h1-7H,(H,17,18,19);1-8H;/q;;+1/p-1. The van der Waals surface area contributed by atoms with E-state index in [1.807, 2.05) is 18.2 Å². The fraction of sp³-hybridized carbons (Fsp3) is 0. The first kappa shape index (κ1) is 31.5. The Balaban J connectivity index is 0.000000259. The van der Waals surface area contributed by atoms with Gasteiger partial charge in [0.2, 0.25) is 0 Å². The smallest absolute Gasteiger partial charge is 0.744 e. The zero-order valence-corrected chi connectivity index (χ0v) is 25.0. The van der Waals surface area contributed by atoms with Crippen LogP contribution in [0.25, 0.3) is 0 Å². The second kappa shape index (κ2) is 13.9. The van der Waals surface area contributed by atoms with Crippen LogP contribution in [0.2, 0.25) is 20.1 Å². The normalized spacial score (nSPS) is 10.5. The van der Waals surface area contributed by atoms with Crippen LogP contribution in [-0.4, -0.2) is 24.5 Å². The van der Waals surface area contributed by atoms with Crippen LogP contribution in [0.5, 0.6) is 0 Å². The van der Waals surface area contributed by atoms with E-state index in [9.17, 15) is 22.6 Å². The third kappa shape index (κ3) is 8.65. The maximum absolute atomic E-state index is 12.3. The topological polar surface area (TPSA) is 91.3 Å². The van der Waals surface area contributed by atoms with Crippen LogP contribution in [0.4, 0.5) is 0 Å². The summed E-state index contributed by atoms with van der Waals surface area (Å²) in [5.41, 5.74) is 1.22. The Morgan fingerprint density at radius 1 is 0.595 bits per heavy atom. The van der Waals surface area contributed by atoms with E-state index in [0.29, 0.717) is 26.2 Å². The van der Waals surface area contributed by atoms with Crippen molar-refractivity contribution in [2.45, 2.75) is 4.90 Å². The average molecular weight is 604 g/mol. The molecule has 0 aliphatic carbocycles. The number of halogens is 4. The van der Waals surface area contributed by atoms with Gasteiger partial charge < -0.3 is 4.55 Å². The average Bonchev–Trinajstić information content (AvgIpc) is 2.86. The maximum Gasteiger partial charge on any atom is 1.00 e. The predicted molar refractivity (Wildman–Crippen MR) is 141 cm³/mol. The Kier molecular flexibility index (Phi) is 11.8. The van der Waals surface area contributed by atoms with Crippen molar-refractivity contribution < 1.29 is 52.1 Å². The molecule has 4 aromatic carbocycles. The number of hydrogen-bond acceptors (Lipinski definition) is 5. The minimum absolute atomic E-state index is 0. The molecule has 0 aliphatic heterocycles. The molecule has 0 saturated heterocycles. The third-order valence-corrected chi connectivity index (χ3v) is 6.73. The molecule has 0 radical (unpaired) electrons. The molecule has 0 amide bonds. The Bertz CT molecular complexity index is 1540. The van der Waals surface area contributed by atoms with Crippen LogP contribution in [0.15, 0.2) is 95.9 Å². The van der Waals surface area contributed by atoms with Crippen molar-refractivity contribution in [1.29, 1.82) is 0 Å². The molecular formula is C26H15Cl4NaO5S. The number of rotatable bonds is 5.